The van der Waals surface area contributed by atoms with Gasteiger partial charge in [0, 0.05) is 49.3 Å². The number of furan rings is 2. The maximum atomic E-state index is 6.82. The van der Waals surface area contributed by atoms with Gasteiger partial charge in [0.2, 0.25) is 0 Å². The number of nitrogens with zero attached hydrogens (tertiary/aromatic N) is 1. The van der Waals surface area contributed by atoms with Crippen LogP contribution in [0.3, 0.4) is 0 Å². The average Bonchev–Trinajstić information content (AvgIpc) is 3.89. The highest BCUT2D eigenvalue weighted by Crippen LogP contribution is 2.47. The summed E-state index contributed by atoms with van der Waals surface area (Å²) in [6.45, 7) is 0. The van der Waals surface area contributed by atoms with E-state index in [9.17, 15) is 0 Å². The monoisotopic (exact) mass is 753 g/mol. The van der Waals surface area contributed by atoms with Gasteiger partial charge in [-0.25, -0.2) is 0 Å². The van der Waals surface area contributed by atoms with Crippen molar-refractivity contribution in [2.45, 2.75) is 0 Å². The van der Waals surface area contributed by atoms with Crippen molar-refractivity contribution in [3.63, 3.8) is 0 Å². The fourth-order valence-corrected chi connectivity index (χ4v) is 9.04. The Morgan fingerprint density at radius 3 is 1.68 bits per heavy atom. The first-order valence-electron chi connectivity index (χ1n) is 20.1. The van der Waals surface area contributed by atoms with E-state index in [4.69, 9.17) is 8.83 Å². The van der Waals surface area contributed by atoms with Crippen LogP contribution in [0.25, 0.3) is 98.8 Å². The van der Waals surface area contributed by atoms with Crippen LogP contribution in [0.5, 0.6) is 0 Å². The normalized spacial score (nSPS) is 11.7. The van der Waals surface area contributed by atoms with Gasteiger partial charge in [0.1, 0.15) is 22.3 Å². The first-order chi connectivity index (χ1) is 29.2. The molecule has 3 nitrogen and oxygen atoms in total. The predicted octanol–water partition coefficient (Wildman–Crippen LogP) is 16.3. The van der Waals surface area contributed by atoms with Crippen molar-refractivity contribution in [1.82, 2.24) is 0 Å². The van der Waals surface area contributed by atoms with Crippen LogP contribution in [0, 0.1) is 0 Å². The summed E-state index contributed by atoms with van der Waals surface area (Å²) in [5.41, 5.74) is 13.6. The first kappa shape index (κ1) is 33.3. The predicted molar refractivity (Wildman–Crippen MR) is 247 cm³/mol. The van der Waals surface area contributed by atoms with Crippen LogP contribution in [0.15, 0.2) is 221 Å². The molecule has 0 aliphatic heterocycles. The Bertz CT molecular complexity index is 3540. The molecule has 2 heterocycles. The molecule has 0 aliphatic carbocycles. The van der Waals surface area contributed by atoms with Gasteiger partial charge in [-0.1, -0.05) is 164 Å². The van der Waals surface area contributed by atoms with Crippen molar-refractivity contribution in [1.29, 1.82) is 0 Å². The second kappa shape index (κ2) is 13.4. The third-order valence-electron chi connectivity index (χ3n) is 11.9. The second-order valence-electron chi connectivity index (χ2n) is 15.2. The summed E-state index contributed by atoms with van der Waals surface area (Å²) in [4.78, 5) is 2.39. The number of fused-ring (bicyclic) bond motifs is 9. The smallest absolute Gasteiger partial charge is 0.143 e. The zero-order valence-electron chi connectivity index (χ0n) is 32.0. The molecule has 59 heavy (non-hydrogen) atoms. The Hall–Kier alpha value is -7.88. The van der Waals surface area contributed by atoms with Gasteiger partial charge in [0.25, 0.3) is 0 Å². The molecule has 3 heteroatoms. The van der Waals surface area contributed by atoms with E-state index in [0.29, 0.717) is 0 Å². The van der Waals surface area contributed by atoms with Gasteiger partial charge in [-0.15, -0.1) is 0 Å². The molecule has 10 aromatic carbocycles. The number of hydrogen-bond acceptors (Lipinski definition) is 3. The average molecular weight is 754 g/mol. The lowest BCUT2D eigenvalue weighted by Gasteiger charge is -2.27. The molecule has 0 saturated heterocycles. The van der Waals surface area contributed by atoms with E-state index in [0.717, 1.165) is 94.0 Å². The zero-order valence-corrected chi connectivity index (χ0v) is 32.0. The summed E-state index contributed by atoms with van der Waals surface area (Å²) < 4.78 is 13.3. The Morgan fingerprint density at radius 2 is 0.864 bits per heavy atom. The molecule has 0 unspecified atom stereocenters. The van der Waals surface area contributed by atoms with Crippen molar-refractivity contribution >= 4 is 82.5 Å². The molecule has 0 spiro atoms. The van der Waals surface area contributed by atoms with Crippen LogP contribution in [0.4, 0.5) is 17.1 Å². The standard InChI is InChI=1S/C56H35NO2/c1-2-12-36(13-3-1)38-26-30-42(31-27-38)57(43-32-28-39(29-33-43)45-20-10-21-49-47-17-8-9-22-52(47)58-55(45)49)51-35-50-54-44(41-25-24-37-14-4-5-15-40(37)34-41)19-11-23-53(54)59-56(50)48-18-7-6-16-46(48)51/h1-35H. The maximum absolute atomic E-state index is 6.82. The van der Waals surface area contributed by atoms with E-state index < -0.39 is 0 Å². The summed E-state index contributed by atoms with van der Waals surface area (Å²) in [7, 11) is 0. The van der Waals surface area contributed by atoms with Crippen LogP contribution in [0.1, 0.15) is 0 Å². The molecule has 0 atom stereocenters. The zero-order chi connectivity index (χ0) is 38.9. The lowest BCUT2D eigenvalue weighted by atomic mass is 9.95. The molecular weight excluding hydrogens is 719 g/mol. The van der Waals surface area contributed by atoms with Crippen LogP contribution < -0.4 is 4.90 Å². The van der Waals surface area contributed by atoms with Crippen LogP contribution in [-0.2, 0) is 0 Å². The molecule has 0 fully saturated rings. The molecule has 0 aliphatic rings. The maximum Gasteiger partial charge on any atom is 0.143 e. The van der Waals surface area contributed by atoms with Gasteiger partial charge in [0.05, 0.1) is 5.69 Å². The van der Waals surface area contributed by atoms with Gasteiger partial charge < -0.3 is 13.7 Å². The van der Waals surface area contributed by atoms with Crippen molar-refractivity contribution in [2.75, 3.05) is 4.90 Å². The molecule has 0 amide bonds. The molecule has 276 valence electrons. The van der Waals surface area contributed by atoms with Gasteiger partial charge in [-0.3, -0.25) is 0 Å². The van der Waals surface area contributed by atoms with E-state index in [1.807, 2.05) is 12.1 Å². The van der Waals surface area contributed by atoms with Crippen LogP contribution in [0.2, 0.25) is 0 Å². The Morgan fingerprint density at radius 1 is 0.305 bits per heavy atom. The highest BCUT2D eigenvalue weighted by atomic mass is 16.3. The SMILES string of the molecule is c1ccc(-c2ccc(N(c3ccc(-c4cccc5c4oc4ccccc45)cc3)c3cc4c(oc5cccc(-c6ccc7ccccc7c6)c54)c4ccccc34)cc2)cc1. The summed E-state index contributed by atoms with van der Waals surface area (Å²) in [6.07, 6.45) is 0. The molecule has 12 rings (SSSR count). The Kier molecular flexibility index (Phi) is 7.54. The van der Waals surface area contributed by atoms with Gasteiger partial charge in [-0.05, 0) is 87.1 Å². The van der Waals surface area contributed by atoms with Crippen LogP contribution >= 0.6 is 0 Å². The molecule has 0 N–H and O–H groups in total. The van der Waals surface area contributed by atoms with Gasteiger partial charge in [-0.2, -0.15) is 0 Å². The highest BCUT2D eigenvalue weighted by molar-refractivity contribution is 6.23. The molecule has 12 aromatic rings. The number of anilines is 3. The van der Waals surface area contributed by atoms with E-state index >= 15 is 0 Å². The summed E-state index contributed by atoms with van der Waals surface area (Å²) in [5, 5.41) is 9.06. The Labute approximate surface area is 340 Å². The van der Waals surface area contributed by atoms with Gasteiger partial charge >= 0.3 is 0 Å². The first-order valence-corrected chi connectivity index (χ1v) is 20.1. The van der Waals surface area contributed by atoms with Gasteiger partial charge in [0.15, 0.2) is 0 Å². The minimum atomic E-state index is 0.871. The van der Waals surface area contributed by atoms with E-state index in [2.05, 4.69) is 205 Å². The second-order valence-corrected chi connectivity index (χ2v) is 15.2. The lowest BCUT2D eigenvalue weighted by molar-refractivity contribution is 0.670. The lowest BCUT2D eigenvalue weighted by Crippen LogP contribution is -2.10. The fraction of sp³-hybridized carbons (Fsp3) is 0. The molecule has 2 aromatic heterocycles. The molecule has 0 saturated carbocycles. The topological polar surface area (TPSA) is 29.5 Å². The van der Waals surface area contributed by atoms with Crippen molar-refractivity contribution in [3.05, 3.63) is 212 Å². The molecule has 0 bridgehead atoms. The summed E-state index contributed by atoms with van der Waals surface area (Å²) >= 11 is 0. The van der Waals surface area contributed by atoms with E-state index in [-0.39, 0.29) is 0 Å². The minimum absolute atomic E-state index is 0.871. The third-order valence-corrected chi connectivity index (χ3v) is 11.9. The largest absolute Gasteiger partial charge is 0.455 e. The molecule has 0 radical (unpaired) electrons. The number of rotatable bonds is 6. The number of benzene rings is 10. The summed E-state index contributed by atoms with van der Waals surface area (Å²) in [6, 6.07) is 75.7. The third kappa shape index (κ3) is 5.44. The van der Waals surface area contributed by atoms with E-state index in [1.165, 1.54) is 21.9 Å². The number of hydrogen-bond donors (Lipinski definition) is 0. The summed E-state index contributed by atoms with van der Waals surface area (Å²) in [5.74, 6) is 0. The highest BCUT2D eigenvalue weighted by Gasteiger charge is 2.22. The quantitative estimate of drug-likeness (QED) is 0.169. The molecular formula is C56H35NO2. The van der Waals surface area contributed by atoms with Crippen molar-refractivity contribution in [2.24, 2.45) is 0 Å². The van der Waals surface area contributed by atoms with E-state index in [1.54, 1.807) is 0 Å². The van der Waals surface area contributed by atoms with Crippen LogP contribution in [-0.4, -0.2) is 0 Å². The number of para-hydroxylation sites is 2. The van der Waals surface area contributed by atoms with Crippen molar-refractivity contribution in [3.8, 4) is 33.4 Å². The van der Waals surface area contributed by atoms with Crippen molar-refractivity contribution < 1.29 is 8.83 Å². The fourth-order valence-electron chi connectivity index (χ4n) is 9.04. The minimum Gasteiger partial charge on any atom is -0.455 e. The Balaban J connectivity index is 1.07.